The van der Waals surface area contributed by atoms with Crippen molar-refractivity contribution in [1.29, 1.82) is 0 Å². The normalized spacial score (nSPS) is 35.1. The molecule has 3 aliphatic heterocycles. The molecule has 0 aromatic carbocycles. The lowest BCUT2D eigenvalue weighted by atomic mass is 9.86. The van der Waals surface area contributed by atoms with Crippen LogP contribution < -0.4 is 16.8 Å². The van der Waals surface area contributed by atoms with Gasteiger partial charge in [-0.15, -0.1) is 0 Å². The molecule has 0 bridgehead atoms. The first kappa shape index (κ1) is 18.6. The number of nitrogens with two attached hydrogens (primary N) is 2. The van der Waals surface area contributed by atoms with Crippen LogP contribution in [0.3, 0.4) is 0 Å². The zero-order valence-corrected chi connectivity index (χ0v) is 14.3. The van der Waals surface area contributed by atoms with Crippen LogP contribution >= 0.6 is 0 Å². The molecule has 0 saturated carbocycles. The molecule has 0 radical (unpaired) electrons. The Kier molecular flexibility index (Phi) is 4.04. The van der Waals surface area contributed by atoms with Gasteiger partial charge in [-0.2, -0.15) is 8.42 Å². The van der Waals surface area contributed by atoms with E-state index < -0.39 is 52.6 Å². The molecule has 146 valence electrons. The van der Waals surface area contributed by atoms with Crippen LogP contribution in [0.5, 0.6) is 0 Å². The summed E-state index contributed by atoms with van der Waals surface area (Å²) in [5, 5.41) is 24.0. The summed E-state index contributed by atoms with van der Waals surface area (Å²) in [5.74, 6) is -3.94. The fraction of sp³-hybridized carbons (Fsp3) is 0.727. The summed E-state index contributed by atoms with van der Waals surface area (Å²) >= 11 is 0. The third-order valence-corrected chi connectivity index (χ3v) is 4.92. The summed E-state index contributed by atoms with van der Waals surface area (Å²) in [6, 6.07) is -2.05. The van der Waals surface area contributed by atoms with Gasteiger partial charge in [0, 0.05) is 6.92 Å². The maximum absolute atomic E-state index is 11.1. The zero-order chi connectivity index (χ0) is 19.5. The second-order valence-electron chi connectivity index (χ2n) is 6.06. The van der Waals surface area contributed by atoms with Crippen LogP contribution in [0, 0.1) is 0 Å². The molecule has 0 aromatic rings. The maximum atomic E-state index is 11.1. The van der Waals surface area contributed by atoms with Crippen molar-refractivity contribution < 1.29 is 36.9 Å². The average molecular weight is 394 g/mol. The third kappa shape index (κ3) is 2.64. The number of esters is 1. The van der Waals surface area contributed by atoms with Crippen molar-refractivity contribution in [3.05, 3.63) is 0 Å². The molecule has 0 unspecified atom stereocenters. The van der Waals surface area contributed by atoms with Gasteiger partial charge in [-0.25, -0.2) is 14.2 Å². The SMILES string of the molecule is CC(=O)OC[C@@H]1N=C(N)N2C[C@@H](OS(=O)(=O)O)C(O)(O)[C@]23NC(N)=N[C@@H]13. The molecule has 15 heteroatoms. The van der Waals surface area contributed by atoms with E-state index in [4.69, 9.17) is 20.8 Å². The van der Waals surface area contributed by atoms with E-state index in [1.54, 1.807) is 0 Å². The first-order chi connectivity index (χ1) is 11.9. The summed E-state index contributed by atoms with van der Waals surface area (Å²) < 4.78 is 40.3. The molecule has 14 nitrogen and oxygen atoms in total. The van der Waals surface area contributed by atoms with Gasteiger partial charge in [0.15, 0.2) is 23.7 Å². The molecule has 0 amide bonds. The number of carbonyl (C=O) groups excluding carboxylic acids is 1. The van der Waals surface area contributed by atoms with E-state index >= 15 is 0 Å². The predicted molar refractivity (Wildman–Crippen MR) is 83.6 cm³/mol. The van der Waals surface area contributed by atoms with Gasteiger partial charge in [-0.3, -0.25) is 9.35 Å². The minimum absolute atomic E-state index is 0.197. The molecule has 8 N–H and O–H groups in total. The summed E-state index contributed by atoms with van der Waals surface area (Å²) in [7, 11) is -5.01. The molecule has 1 saturated heterocycles. The third-order valence-electron chi connectivity index (χ3n) is 4.44. The number of hydrogen-bond donors (Lipinski definition) is 6. The van der Waals surface area contributed by atoms with E-state index in [0.29, 0.717) is 0 Å². The highest BCUT2D eigenvalue weighted by Gasteiger charge is 2.74. The van der Waals surface area contributed by atoms with Gasteiger partial charge in [0.25, 0.3) is 0 Å². The molecule has 0 aliphatic carbocycles. The fourth-order valence-corrected chi connectivity index (χ4v) is 3.98. The molecule has 4 atom stereocenters. The van der Waals surface area contributed by atoms with Crippen LogP contribution in [0.25, 0.3) is 0 Å². The van der Waals surface area contributed by atoms with Crippen molar-refractivity contribution in [3.63, 3.8) is 0 Å². The standard InChI is InChI=1S/C11H18N6O8S/c1-4(18)24-3-5-7-10(16-8(12)15-7)11(19,20)6(25-26(21,22)23)2-17(10)9(13)14-5/h5-7,19-20H,2-3H2,1H3,(H2,13,14)(H3,12,15,16)(H,21,22,23)/t5-,6+,7-,10+/m0/s1. The number of carbonyl (C=O) groups is 1. The van der Waals surface area contributed by atoms with E-state index in [9.17, 15) is 23.4 Å². The number of aliphatic imine (C=N–C) groups is 2. The molecule has 3 aliphatic rings. The Morgan fingerprint density at radius 3 is 2.65 bits per heavy atom. The van der Waals surface area contributed by atoms with Crippen molar-refractivity contribution >= 4 is 28.3 Å². The summed E-state index contributed by atoms with van der Waals surface area (Å²) in [6.45, 7) is 0.430. The number of nitrogens with one attached hydrogen (secondary N) is 1. The molecule has 1 spiro atoms. The van der Waals surface area contributed by atoms with E-state index in [1.165, 1.54) is 6.92 Å². The number of ether oxygens (including phenoxy) is 1. The van der Waals surface area contributed by atoms with Crippen LogP contribution in [0.15, 0.2) is 9.98 Å². The molecule has 3 rings (SSSR count). The first-order valence-electron chi connectivity index (χ1n) is 7.34. The van der Waals surface area contributed by atoms with Crippen molar-refractivity contribution in [3.8, 4) is 0 Å². The molecule has 0 aromatic heterocycles. The highest BCUT2D eigenvalue weighted by Crippen LogP contribution is 2.45. The van der Waals surface area contributed by atoms with Crippen molar-refractivity contribution in [2.24, 2.45) is 21.5 Å². The van der Waals surface area contributed by atoms with Crippen LogP contribution in [0.1, 0.15) is 6.92 Å². The molecule has 1 fully saturated rings. The lowest BCUT2D eigenvalue weighted by Gasteiger charge is -2.48. The van der Waals surface area contributed by atoms with Gasteiger partial charge in [0.2, 0.25) is 5.79 Å². The highest BCUT2D eigenvalue weighted by atomic mass is 32.3. The lowest BCUT2D eigenvalue weighted by Crippen LogP contribution is -2.77. The minimum Gasteiger partial charge on any atom is -0.464 e. The van der Waals surface area contributed by atoms with Crippen LogP contribution in [-0.4, -0.2) is 88.8 Å². The Bertz CT molecular complexity index is 797. The number of aliphatic hydroxyl groups is 2. The van der Waals surface area contributed by atoms with E-state index in [1.807, 2.05) is 0 Å². The second kappa shape index (κ2) is 5.65. The number of hydrogen-bond acceptors (Lipinski definition) is 13. The Morgan fingerprint density at radius 1 is 1.42 bits per heavy atom. The second-order valence-corrected chi connectivity index (χ2v) is 7.11. The monoisotopic (exact) mass is 394 g/mol. The number of nitrogens with zero attached hydrogens (tertiary/aromatic N) is 3. The van der Waals surface area contributed by atoms with Gasteiger partial charge in [0.1, 0.15) is 18.7 Å². The summed E-state index contributed by atoms with van der Waals surface area (Å²) in [5.41, 5.74) is 9.62. The van der Waals surface area contributed by atoms with Gasteiger partial charge in [-0.05, 0) is 0 Å². The molecule has 3 heterocycles. The Labute approximate surface area is 147 Å². The van der Waals surface area contributed by atoms with Crippen LogP contribution in [0.2, 0.25) is 0 Å². The molecular formula is C11H18N6O8S. The number of guanidine groups is 2. The quantitative estimate of drug-likeness (QED) is 0.151. The summed E-state index contributed by atoms with van der Waals surface area (Å²) in [4.78, 5) is 20.4. The van der Waals surface area contributed by atoms with E-state index in [2.05, 4.69) is 19.5 Å². The molecule has 26 heavy (non-hydrogen) atoms. The predicted octanol–water partition coefficient (Wildman–Crippen LogP) is -4.59. The number of rotatable bonds is 4. The fourth-order valence-electron chi connectivity index (χ4n) is 3.49. The Balaban J connectivity index is 2.04. The van der Waals surface area contributed by atoms with E-state index in [0.717, 1.165) is 4.90 Å². The van der Waals surface area contributed by atoms with Gasteiger partial charge in [-0.1, -0.05) is 0 Å². The van der Waals surface area contributed by atoms with Crippen molar-refractivity contribution in [1.82, 2.24) is 10.2 Å². The Morgan fingerprint density at radius 2 is 2.08 bits per heavy atom. The zero-order valence-electron chi connectivity index (χ0n) is 13.4. The van der Waals surface area contributed by atoms with Crippen molar-refractivity contribution in [2.45, 2.75) is 36.6 Å². The summed E-state index contributed by atoms with van der Waals surface area (Å²) in [6.07, 6.45) is -1.84. The lowest BCUT2D eigenvalue weighted by molar-refractivity contribution is -0.252. The largest absolute Gasteiger partial charge is 0.464 e. The highest BCUT2D eigenvalue weighted by molar-refractivity contribution is 7.80. The molecular weight excluding hydrogens is 376 g/mol. The van der Waals surface area contributed by atoms with Gasteiger partial charge >= 0.3 is 16.4 Å². The average Bonchev–Trinajstić information content (AvgIpc) is 2.93. The van der Waals surface area contributed by atoms with Gasteiger partial charge < -0.3 is 36.6 Å². The van der Waals surface area contributed by atoms with Gasteiger partial charge in [0.05, 0.1) is 6.54 Å². The van der Waals surface area contributed by atoms with Crippen LogP contribution in [0.4, 0.5) is 0 Å². The smallest absolute Gasteiger partial charge is 0.397 e. The minimum atomic E-state index is -5.01. The van der Waals surface area contributed by atoms with E-state index in [-0.39, 0.29) is 18.5 Å². The topological polar surface area (TPSA) is 222 Å². The van der Waals surface area contributed by atoms with Crippen LogP contribution in [-0.2, 0) is 24.1 Å². The first-order valence-corrected chi connectivity index (χ1v) is 8.71. The van der Waals surface area contributed by atoms with Crippen molar-refractivity contribution in [2.75, 3.05) is 13.2 Å². The maximum Gasteiger partial charge on any atom is 0.397 e. The Hall–Kier alpha value is -2.20.